The molecule has 28 heavy (non-hydrogen) atoms. The third-order valence-corrected chi connectivity index (χ3v) is 4.89. The van der Waals surface area contributed by atoms with Crippen molar-refractivity contribution in [3.8, 4) is 0 Å². The molecule has 0 aromatic heterocycles. The predicted octanol–water partition coefficient (Wildman–Crippen LogP) is 3.84. The van der Waals surface area contributed by atoms with Crippen molar-refractivity contribution in [1.82, 2.24) is 10.2 Å². The van der Waals surface area contributed by atoms with Crippen LogP contribution in [0.5, 0.6) is 0 Å². The second-order valence-electron chi connectivity index (χ2n) is 6.08. The number of benzene rings is 2. The lowest BCUT2D eigenvalue weighted by Crippen LogP contribution is -2.46. The summed E-state index contributed by atoms with van der Waals surface area (Å²) in [6, 6.07) is 12.0. The van der Waals surface area contributed by atoms with E-state index in [4.69, 9.17) is 23.2 Å². The minimum atomic E-state index is -1.02. The Morgan fingerprint density at radius 2 is 1.54 bits per heavy atom. The Bertz CT molecular complexity index is 969. The van der Waals surface area contributed by atoms with E-state index >= 15 is 0 Å². The number of carbonyl (C=O) groups is 3. The summed E-state index contributed by atoms with van der Waals surface area (Å²) < 4.78 is 4.64. The van der Waals surface area contributed by atoms with Gasteiger partial charge in [-0.15, -0.1) is 0 Å². The van der Waals surface area contributed by atoms with Crippen LogP contribution in [0.15, 0.2) is 54.1 Å². The van der Waals surface area contributed by atoms with E-state index in [9.17, 15) is 14.4 Å². The zero-order valence-corrected chi connectivity index (χ0v) is 16.5. The lowest BCUT2D eigenvalue weighted by molar-refractivity contribution is -0.150. The normalized spacial score (nSPS) is 16.6. The van der Waals surface area contributed by atoms with Crippen molar-refractivity contribution in [3.05, 3.63) is 75.3 Å². The van der Waals surface area contributed by atoms with Crippen LogP contribution in [0, 0.1) is 0 Å². The van der Waals surface area contributed by atoms with Crippen LogP contribution in [-0.2, 0) is 14.3 Å². The fraction of sp³-hybridized carbons (Fsp3) is 0.150. The van der Waals surface area contributed by atoms with Gasteiger partial charge in [0.25, 0.3) is 5.78 Å². The van der Waals surface area contributed by atoms with Crippen molar-refractivity contribution >= 4 is 46.7 Å². The highest BCUT2D eigenvalue weighted by atomic mass is 35.5. The van der Waals surface area contributed by atoms with Crippen molar-refractivity contribution in [2.45, 2.75) is 6.04 Å². The van der Waals surface area contributed by atoms with Crippen molar-refractivity contribution < 1.29 is 19.1 Å². The molecule has 0 fully saturated rings. The minimum absolute atomic E-state index is 0.0959. The van der Waals surface area contributed by atoms with Crippen LogP contribution in [0.3, 0.4) is 0 Å². The van der Waals surface area contributed by atoms with Gasteiger partial charge in [-0.1, -0.05) is 47.5 Å². The maximum absolute atomic E-state index is 12.9. The highest BCUT2D eigenvalue weighted by molar-refractivity contribution is 6.42. The number of urea groups is 1. The molecule has 6 nitrogen and oxygen atoms in total. The SMILES string of the molecule is COC(=O)C(=O)C1=C(c2ccc(Cl)cc2)N(C)C(=O)NC1c1ccc(Cl)cc1. The number of hydrogen-bond donors (Lipinski definition) is 1. The number of carbonyl (C=O) groups excluding carboxylic acids is 3. The van der Waals surface area contributed by atoms with Crippen molar-refractivity contribution in [2.24, 2.45) is 0 Å². The smallest absolute Gasteiger partial charge is 0.379 e. The molecule has 1 heterocycles. The van der Waals surface area contributed by atoms with Crippen molar-refractivity contribution in [1.29, 1.82) is 0 Å². The zero-order valence-electron chi connectivity index (χ0n) is 15.0. The van der Waals surface area contributed by atoms with E-state index in [1.807, 2.05) is 0 Å². The summed E-state index contributed by atoms with van der Waals surface area (Å²) in [6.45, 7) is 0. The van der Waals surface area contributed by atoms with E-state index < -0.39 is 23.8 Å². The Labute approximate surface area is 171 Å². The molecular formula is C20H16Cl2N2O4. The predicted molar refractivity (Wildman–Crippen MR) is 106 cm³/mol. The molecule has 1 atom stereocenters. The topological polar surface area (TPSA) is 75.7 Å². The fourth-order valence-corrected chi connectivity index (χ4v) is 3.27. The monoisotopic (exact) mass is 418 g/mol. The molecule has 1 N–H and O–H groups in total. The van der Waals surface area contributed by atoms with Crippen LogP contribution in [0.25, 0.3) is 5.70 Å². The molecule has 2 aromatic rings. The number of Topliss-reactive ketones (excluding diaryl/α,β-unsaturated/α-hetero) is 1. The van der Waals surface area contributed by atoms with Crippen LogP contribution < -0.4 is 5.32 Å². The second kappa shape index (κ2) is 8.04. The Morgan fingerprint density at radius 1 is 1.00 bits per heavy atom. The highest BCUT2D eigenvalue weighted by Crippen LogP contribution is 2.36. The molecule has 0 spiro atoms. The van der Waals surface area contributed by atoms with Gasteiger partial charge < -0.3 is 10.1 Å². The van der Waals surface area contributed by atoms with Crippen LogP contribution in [0.1, 0.15) is 17.2 Å². The van der Waals surface area contributed by atoms with Gasteiger partial charge in [0, 0.05) is 17.1 Å². The van der Waals surface area contributed by atoms with Crippen LogP contribution in [0.2, 0.25) is 10.0 Å². The number of esters is 1. The first-order valence-electron chi connectivity index (χ1n) is 8.26. The molecule has 0 bridgehead atoms. The van der Waals surface area contributed by atoms with Gasteiger partial charge in [-0.2, -0.15) is 0 Å². The molecular weight excluding hydrogens is 403 g/mol. The number of rotatable bonds is 4. The van der Waals surface area contributed by atoms with Gasteiger partial charge in [0.1, 0.15) is 0 Å². The highest BCUT2D eigenvalue weighted by Gasteiger charge is 2.39. The van der Waals surface area contributed by atoms with Gasteiger partial charge in [-0.3, -0.25) is 9.69 Å². The van der Waals surface area contributed by atoms with Crippen molar-refractivity contribution in [2.75, 3.05) is 14.2 Å². The zero-order chi connectivity index (χ0) is 20.4. The molecule has 0 radical (unpaired) electrons. The van der Waals surface area contributed by atoms with Gasteiger partial charge >= 0.3 is 12.0 Å². The maximum Gasteiger partial charge on any atom is 0.379 e. The molecule has 1 unspecified atom stereocenters. The molecule has 2 amide bonds. The Morgan fingerprint density at radius 3 is 2.07 bits per heavy atom. The van der Waals surface area contributed by atoms with E-state index in [0.717, 1.165) is 7.11 Å². The van der Waals surface area contributed by atoms with E-state index in [2.05, 4.69) is 10.1 Å². The molecule has 0 saturated heterocycles. The van der Waals surface area contributed by atoms with E-state index in [-0.39, 0.29) is 5.57 Å². The number of nitrogens with zero attached hydrogens (tertiary/aromatic N) is 1. The van der Waals surface area contributed by atoms with Crippen LogP contribution in [0.4, 0.5) is 4.79 Å². The van der Waals surface area contributed by atoms with Gasteiger partial charge in [-0.05, 0) is 35.4 Å². The summed E-state index contributed by atoms with van der Waals surface area (Å²) in [5, 5.41) is 3.76. The van der Waals surface area contributed by atoms with Gasteiger partial charge in [0.05, 0.1) is 24.4 Å². The first kappa shape index (κ1) is 19.9. The number of methoxy groups -OCH3 is 1. The molecule has 2 aromatic carbocycles. The standard InChI is InChI=1S/C20H16Cl2N2O4/c1-24-17(12-5-9-14(22)10-6-12)15(18(25)19(26)28-2)16(23-20(24)27)11-3-7-13(21)8-4-11/h3-10,16H,1-2H3,(H,23,27). The maximum atomic E-state index is 12.9. The lowest BCUT2D eigenvalue weighted by atomic mass is 9.89. The minimum Gasteiger partial charge on any atom is -0.463 e. The average Bonchev–Trinajstić information content (AvgIpc) is 2.70. The van der Waals surface area contributed by atoms with Gasteiger partial charge in [-0.25, -0.2) is 9.59 Å². The number of ether oxygens (including phenoxy) is 1. The van der Waals surface area contributed by atoms with E-state index in [1.54, 1.807) is 48.5 Å². The van der Waals surface area contributed by atoms with Gasteiger partial charge in [0.2, 0.25) is 0 Å². The first-order chi connectivity index (χ1) is 13.3. The molecule has 0 saturated carbocycles. The molecule has 1 aliphatic heterocycles. The molecule has 144 valence electrons. The summed E-state index contributed by atoms with van der Waals surface area (Å²) in [5.74, 6) is -1.87. The molecule has 1 aliphatic rings. The van der Waals surface area contributed by atoms with E-state index in [1.165, 1.54) is 11.9 Å². The summed E-state index contributed by atoms with van der Waals surface area (Å²) in [5.41, 5.74) is 1.56. The first-order valence-corrected chi connectivity index (χ1v) is 9.01. The Hall–Kier alpha value is -2.83. The summed E-state index contributed by atoms with van der Waals surface area (Å²) in [7, 11) is 2.65. The number of halogens is 2. The van der Waals surface area contributed by atoms with Crippen LogP contribution in [-0.4, -0.2) is 36.8 Å². The Balaban J connectivity index is 2.27. The molecule has 8 heteroatoms. The number of amides is 2. The Kier molecular flexibility index (Phi) is 5.72. The molecule has 0 aliphatic carbocycles. The fourth-order valence-electron chi connectivity index (χ4n) is 3.01. The second-order valence-corrected chi connectivity index (χ2v) is 6.96. The van der Waals surface area contributed by atoms with Gasteiger partial charge in [0.15, 0.2) is 0 Å². The third kappa shape index (κ3) is 3.74. The summed E-state index contributed by atoms with van der Waals surface area (Å²) in [6.07, 6.45) is 0. The number of ketones is 1. The largest absolute Gasteiger partial charge is 0.463 e. The van der Waals surface area contributed by atoms with E-state index in [0.29, 0.717) is 26.9 Å². The third-order valence-electron chi connectivity index (χ3n) is 4.39. The average molecular weight is 419 g/mol. The van der Waals surface area contributed by atoms with Crippen LogP contribution >= 0.6 is 23.2 Å². The number of hydrogen-bond acceptors (Lipinski definition) is 4. The lowest BCUT2D eigenvalue weighted by Gasteiger charge is -2.35. The summed E-state index contributed by atoms with van der Waals surface area (Å²) in [4.78, 5) is 38.9. The molecule has 3 rings (SSSR count). The number of nitrogens with one attached hydrogen (secondary N) is 1. The summed E-state index contributed by atoms with van der Waals surface area (Å²) >= 11 is 11.9. The quantitative estimate of drug-likeness (QED) is 0.604. The van der Waals surface area contributed by atoms with Crippen molar-refractivity contribution in [3.63, 3.8) is 0 Å².